The Hall–Kier alpha value is -1.46. The summed E-state index contributed by atoms with van der Waals surface area (Å²) in [6, 6.07) is 6.97. The van der Waals surface area contributed by atoms with E-state index in [9.17, 15) is 9.18 Å². The number of halogens is 1. The normalized spacial score (nSPS) is 21.0. The molecule has 0 radical (unpaired) electrons. The number of amides is 1. The van der Waals surface area contributed by atoms with Crippen molar-refractivity contribution < 1.29 is 13.9 Å². The van der Waals surface area contributed by atoms with Gasteiger partial charge in [-0.2, -0.15) is 0 Å². The van der Waals surface area contributed by atoms with Crippen molar-refractivity contribution in [1.29, 1.82) is 0 Å². The van der Waals surface area contributed by atoms with Gasteiger partial charge in [0, 0.05) is 32.6 Å². The van der Waals surface area contributed by atoms with Crippen LogP contribution in [0.15, 0.2) is 24.3 Å². The summed E-state index contributed by atoms with van der Waals surface area (Å²) in [5, 5.41) is 2.80. The zero-order valence-corrected chi connectivity index (χ0v) is 12.6. The molecule has 1 aliphatic rings. The first kappa shape index (κ1) is 15.9. The molecule has 1 aromatic rings. The van der Waals surface area contributed by atoms with Crippen LogP contribution in [-0.2, 0) is 9.53 Å². The zero-order chi connectivity index (χ0) is 15.2. The van der Waals surface area contributed by atoms with Crippen LogP contribution in [-0.4, -0.2) is 43.2 Å². The second-order valence-corrected chi connectivity index (χ2v) is 5.40. The van der Waals surface area contributed by atoms with Crippen LogP contribution in [0.4, 0.5) is 4.39 Å². The van der Waals surface area contributed by atoms with Gasteiger partial charge < -0.3 is 10.1 Å². The number of nitrogens with one attached hydrogen (secondary N) is 1. The number of rotatable bonds is 5. The van der Waals surface area contributed by atoms with Gasteiger partial charge in [-0.05, 0) is 24.1 Å². The molecular formula is C16H23FN2O2. The quantitative estimate of drug-likeness (QED) is 0.904. The van der Waals surface area contributed by atoms with Gasteiger partial charge in [0.05, 0.1) is 12.7 Å². The molecule has 0 bridgehead atoms. The minimum absolute atomic E-state index is 0.0112. The fourth-order valence-corrected chi connectivity index (χ4v) is 2.80. The lowest BCUT2D eigenvalue weighted by atomic mass is 10.0. The van der Waals surface area contributed by atoms with Gasteiger partial charge in [-0.25, -0.2) is 4.39 Å². The molecule has 5 heteroatoms. The molecule has 1 heterocycles. The number of hydrogen-bond donors (Lipinski definition) is 1. The van der Waals surface area contributed by atoms with Crippen molar-refractivity contribution in [3.05, 3.63) is 35.6 Å². The highest BCUT2D eigenvalue weighted by atomic mass is 19.1. The predicted molar refractivity (Wildman–Crippen MR) is 79.4 cm³/mol. The molecule has 2 atom stereocenters. The van der Waals surface area contributed by atoms with Crippen LogP contribution in [0, 0.1) is 5.82 Å². The van der Waals surface area contributed by atoms with Crippen molar-refractivity contribution in [2.45, 2.75) is 32.4 Å². The summed E-state index contributed by atoms with van der Waals surface area (Å²) in [5.41, 5.74) is 1.12. The first-order chi connectivity index (χ1) is 10.1. The van der Waals surface area contributed by atoms with Crippen LogP contribution in [0.2, 0.25) is 0 Å². The molecule has 0 aromatic heterocycles. The van der Waals surface area contributed by atoms with E-state index in [0.29, 0.717) is 13.2 Å². The third-order valence-corrected chi connectivity index (χ3v) is 3.83. The fraction of sp³-hybridized carbons (Fsp3) is 0.562. The molecule has 0 unspecified atom stereocenters. The second kappa shape index (κ2) is 7.52. The number of ether oxygens (including phenoxy) is 1. The minimum Gasteiger partial charge on any atom is -0.374 e. The Morgan fingerprint density at radius 3 is 2.81 bits per heavy atom. The lowest BCUT2D eigenvalue weighted by molar-refractivity contribution is -0.120. The van der Waals surface area contributed by atoms with Crippen molar-refractivity contribution in [2.24, 2.45) is 0 Å². The molecule has 1 amide bonds. The van der Waals surface area contributed by atoms with E-state index in [-0.39, 0.29) is 23.9 Å². The lowest BCUT2D eigenvalue weighted by Crippen LogP contribution is -2.48. The molecule has 1 N–H and O–H groups in total. The van der Waals surface area contributed by atoms with E-state index < -0.39 is 0 Å². The Labute approximate surface area is 125 Å². The first-order valence-electron chi connectivity index (χ1n) is 7.45. The molecule has 1 aromatic carbocycles. The predicted octanol–water partition coefficient (Wildman–Crippen LogP) is 2.11. The summed E-state index contributed by atoms with van der Waals surface area (Å²) < 4.78 is 18.8. The van der Waals surface area contributed by atoms with Gasteiger partial charge in [0.1, 0.15) is 5.82 Å². The molecule has 4 nitrogen and oxygen atoms in total. The average Bonchev–Trinajstić information content (AvgIpc) is 2.48. The van der Waals surface area contributed by atoms with Crippen LogP contribution in [0.3, 0.4) is 0 Å². The topological polar surface area (TPSA) is 41.6 Å². The van der Waals surface area contributed by atoms with Crippen LogP contribution in [0.1, 0.15) is 31.9 Å². The van der Waals surface area contributed by atoms with E-state index >= 15 is 0 Å². The summed E-state index contributed by atoms with van der Waals surface area (Å²) in [7, 11) is 0. The van der Waals surface area contributed by atoms with Crippen molar-refractivity contribution in [1.82, 2.24) is 10.2 Å². The molecule has 1 aliphatic heterocycles. The SMILES string of the molecule is CC[C@@H](c1ccc(F)cc1)N1CCO[C@H](CNC(C)=O)C1. The summed E-state index contributed by atoms with van der Waals surface area (Å²) in [5.74, 6) is -0.250. The molecule has 1 fully saturated rings. The highest BCUT2D eigenvalue weighted by Crippen LogP contribution is 2.26. The smallest absolute Gasteiger partial charge is 0.216 e. The summed E-state index contributed by atoms with van der Waals surface area (Å²) in [4.78, 5) is 13.3. The average molecular weight is 294 g/mol. The Kier molecular flexibility index (Phi) is 5.70. The molecule has 21 heavy (non-hydrogen) atoms. The maximum absolute atomic E-state index is 13.1. The van der Waals surface area contributed by atoms with E-state index in [1.807, 2.05) is 12.1 Å². The monoisotopic (exact) mass is 294 g/mol. The van der Waals surface area contributed by atoms with Gasteiger partial charge in [0.15, 0.2) is 0 Å². The van der Waals surface area contributed by atoms with Crippen molar-refractivity contribution >= 4 is 5.91 Å². The van der Waals surface area contributed by atoms with E-state index in [2.05, 4.69) is 17.1 Å². The number of carbonyl (C=O) groups is 1. The molecule has 1 saturated heterocycles. The van der Waals surface area contributed by atoms with Crippen LogP contribution in [0.5, 0.6) is 0 Å². The molecule has 0 saturated carbocycles. The Balaban J connectivity index is 2.00. The summed E-state index contributed by atoms with van der Waals surface area (Å²) in [6.07, 6.45) is 0.968. The van der Waals surface area contributed by atoms with Gasteiger partial charge in [-0.15, -0.1) is 0 Å². The number of morpholine rings is 1. The van der Waals surface area contributed by atoms with E-state index in [4.69, 9.17) is 4.74 Å². The lowest BCUT2D eigenvalue weighted by Gasteiger charge is -2.38. The number of benzene rings is 1. The zero-order valence-electron chi connectivity index (χ0n) is 12.6. The highest BCUT2D eigenvalue weighted by Gasteiger charge is 2.26. The molecule has 2 rings (SSSR count). The number of nitrogens with zero attached hydrogens (tertiary/aromatic N) is 1. The molecular weight excluding hydrogens is 271 g/mol. The van der Waals surface area contributed by atoms with Gasteiger partial charge in [0.25, 0.3) is 0 Å². The maximum Gasteiger partial charge on any atom is 0.216 e. The summed E-state index contributed by atoms with van der Waals surface area (Å²) in [6.45, 7) is 6.45. The van der Waals surface area contributed by atoms with Gasteiger partial charge in [-0.1, -0.05) is 19.1 Å². The number of carbonyl (C=O) groups excluding carboxylic acids is 1. The third kappa shape index (κ3) is 4.51. The largest absolute Gasteiger partial charge is 0.374 e. The molecule has 0 spiro atoms. The van der Waals surface area contributed by atoms with Crippen LogP contribution >= 0.6 is 0 Å². The van der Waals surface area contributed by atoms with Crippen molar-refractivity contribution in [3.8, 4) is 0 Å². The fourth-order valence-electron chi connectivity index (χ4n) is 2.80. The van der Waals surface area contributed by atoms with Gasteiger partial charge in [0.2, 0.25) is 5.91 Å². The second-order valence-electron chi connectivity index (χ2n) is 5.40. The Morgan fingerprint density at radius 1 is 1.48 bits per heavy atom. The Morgan fingerprint density at radius 2 is 2.19 bits per heavy atom. The van der Waals surface area contributed by atoms with E-state index in [1.165, 1.54) is 19.1 Å². The standard InChI is InChI=1S/C16H23FN2O2/c1-3-16(13-4-6-14(17)7-5-13)19-8-9-21-15(11-19)10-18-12(2)20/h4-7,15-16H,3,8-11H2,1-2H3,(H,18,20)/t15-,16+/m1/s1. The van der Waals surface area contributed by atoms with Crippen LogP contribution < -0.4 is 5.32 Å². The van der Waals surface area contributed by atoms with Crippen LogP contribution in [0.25, 0.3) is 0 Å². The molecule has 116 valence electrons. The minimum atomic E-state index is -0.209. The van der Waals surface area contributed by atoms with Gasteiger partial charge in [-0.3, -0.25) is 9.69 Å². The third-order valence-electron chi connectivity index (χ3n) is 3.83. The highest BCUT2D eigenvalue weighted by molar-refractivity contribution is 5.72. The first-order valence-corrected chi connectivity index (χ1v) is 7.45. The van der Waals surface area contributed by atoms with Crippen molar-refractivity contribution in [2.75, 3.05) is 26.2 Å². The number of hydrogen-bond acceptors (Lipinski definition) is 3. The van der Waals surface area contributed by atoms with E-state index in [0.717, 1.165) is 25.1 Å². The maximum atomic E-state index is 13.1. The van der Waals surface area contributed by atoms with Crippen molar-refractivity contribution in [3.63, 3.8) is 0 Å². The van der Waals surface area contributed by atoms with E-state index in [1.54, 1.807) is 0 Å². The molecule has 0 aliphatic carbocycles. The Bertz CT molecular complexity index is 464. The summed E-state index contributed by atoms with van der Waals surface area (Å²) >= 11 is 0. The van der Waals surface area contributed by atoms with Gasteiger partial charge >= 0.3 is 0 Å².